The van der Waals surface area contributed by atoms with Crippen molar-refractivity contribution in [1.29, 1.82) is 0 Å². The van der Waals surface area contributed by atoms with Crippen molar-refractivity contribution in [2.24, 2.45) is 0 Å². The van der Waals surface area contributed by atoms with Crippen LogP contribution in [-0.4, -0.2) is 9.97 Å². The summed E-state index contributed by atoms with van der Waals surface area (Å²) in [6.07, 6.45) is 0. The van der Waals surface area contributed by atoms with Gasteiger partial charge in [-0.3, -0.25) is 0 Å². The zero-order chi connectivity index (χ0) is 37.5. The molecule has 1 spiro atoms. The van der Waals surface area contributed by atoms with Gasteiger partial charge in [0.05, 0.1) is 16.8 Å². The summed E-state index contributed by atoms with van der Waals surface area (Å²) in [4.78, 5) is 10.9. The topological polar surface area (TPSA) is 25.8 Å². The molecule has 0 aliphatic heterocycles. The summed E-state index contributed by atoms with van der Waals surface area (Å²) >= 11 is 0. The number of aromatic nitrogens is 2. The van der Waals surface area contributed by atoms with Crippen LogP contribution in [0.2, 0.25) is 0 Å². The Bertz CT molecular complexity index is 3170. The van der Waals surface area contributed by atoms with E-state index in [0.717, 1.165) is 33.5 Å². The molecule has 0 bridgehead atoms. The summed E-state index contributed by atoms with van der Waals surface area (Å²) in [5.74, 6) is 0.716. The first-order chi connectivity index (χ1) is 28.3. The average molecular weight is 723 g/mol. The van der Waals surface area contributed by atoms with E-state index >= 15 is 0 Å². The van der Waals surface area contributed by atoms with Crippen LogP contribution in [0, 0.1) is 0 Å². The molecule has 0 fully saturated rings. The van der Waals surface area contributed by atoms with Crippen molar-refractivity contribution >= 4 is 21.5 Å². The van der Waals surface area contributed by atoms with Crippen molar-refractivity contribution in [1.82, 2.24) is 9.97 Å². The van der Waals surface area contributed by atoms with Crippen molar-refractivity contribution < 1.29 is 0 Å². The maximum absolute atomic E-state index is 5.47. The van der Waals surface area contributed by atoms with Gasteiger partial charge in [-0.2, -0.15) is 0 Å². The van der Waals surface area contributed by atoms with Crippen LogP contribution in [0.15, 0.2) is 206 Å². The molecule has 2 heteroatoms. The second-order valence-electron chi connectivity index (χ2n) is 15.2. The van der Waals surface area contributed by atoms with Crippen LogP contribution in [0.4, 0.5) is 0 Å². The van der Waals surface area contributed by atoms with Gasteiger partial charge in [0.15, 0.2) is 5.82 Å². The predicted molar refractivity (Wildman–Crippen MR) is 235 cm³/mol. The monoisotopic (exact) mass is 722 g/mol. The van der Waals surface area contributed by atoms with Crippen LogP contribution in [0.1, 0.15) is 22.3 Å². The lowest BCUT2D eigenvalue weighted by molar-refractivity contribution is 0.802. The zero-order valence-electron chi connectivity index (χ0n) is 31.0. The van der Waals surface area contributed by atoms with Gasteiger partial charge in [-0.15, -0.1) is 0 Å². The Kier molecular flexibility index (Phi) is 6.88. The summed E-state index contributed by atoms with van der Waals surface area (Å²) in [7, 11) is 0. The molecule has 264 valence electrons. The Balaban J connectivity index is 1.17. The molecule has 2 aliphatic carbocycles. The molecule has 2 nitrogen and oxygen atoms in total. The van der Waals surface area contributed by atoms with E-state index in [0.29, 0.717) is 5.82 Å². The van der Waals surface area contributed by atoms with Gasteiger partial charge in [0.2, 0.25) is 0 Å². The molecule has 57 heavy (non-hydrogen) atoms. The normalized spacial score (nSPS) is 13.1. The Morgan fingerprint density at radius 1 is 0.316 bits per heavy atom. The molecule has 2 aliphatic rings. The van der Waals surface area contributed by atoms with E-state index in [1.807, 2.05) is 0 Å². The Morgan fingerprint density at radius 3 is 1.51 bits per heavy atom. The molecule has 0 atom stereocenters. The first-order valence-corrected chi connectivity index (χ1v) is 19.7. The molecule has 1 heterocycles. The maximum atomic E-state index is 5.47. The second-order valence-corrected chi connectivity index (χ2v) is 15.2. The highest BCUT2D eigenvalue weighted by Gasteiger charge is 2.53. The van der Waals surface area contributed by atoms with Crippen LogP contribution in [0.3, 0.4) is 0 Å². The largest absolute Gasteiger partial charge is 0.228 e. The highest BCUT2D eigenvalue weighted by molar-refractivity contribution is 6.13. The van der Waals surface area contributed by atoms with Crippen molar-refractivity contribution in [3.05, 3.63) is 229 Å². The molecule has 0 radical (unpaired) electrons. The van der Waals surface area contributed by atoms with Gasteiger partial charge < -0.3 is 0 Å². The van der Waals surface area contributed by atoms with Crippen molar-refractivity contribution in [2.75, 3.05) is 0 Å². The van der Waals surface area contributed by atoms with Crippen LogP contribution >= 0.6 is 0 Å². The Morgan fingerprint density at radius 2 is 0.825 bits per heavy atom. The van der Waals surface area contributed by atoms with E-state index in [9.17, 15) is 0 Å². The lowest BCUT2D eigenvalue weighted by atomic mass is 9.69. The molecular formula is C55H34N2. The number of fused-ring (bicyclic) bond motifs is 14. The van der Waals surface area contributed by atoms with E-state index in [-0.39, 0.29) is 0 Å². The third-order valence-electron chi connectivity index (χ3n) is 12.3. The summed E-state index contributed by atoms with van der Waals surface area (Å²) in [6.45, 7) is 0. The molecule has 1 aromatic heterocycles. The highest BCUT2D eigenvalue weighted by Crippen LogP contribution is 2.65. The van der Waals surface area contributed by atoms with Crippen LogP contribution in [-0.2, 0) is 5.41 Å². The van der Waals surface area contributed by atoms with Crippen LogP contribution in [0.25, 0.3) is 88.8 Å². The van der Waals surface area contributed by atoms with Crippen molar-refractivity contribution in [2.45, 2.75) is 5.41 Å². The number of hydrogen-bond acceptors (Lipinski definition) is 2. The summed E-state index contributed by atoms with van der Waals surface area (Å²) in [5.41, 5.74) is 17.2. The maximum Gasteiger partial charge on any atom is 0.161 e. The van der Waals surface area contributed by atoms with Crippen LogP contribution in [0.5, 0.6) is 0 Å². The molecule has 0 unspecified atom stereocenters. The minimum Gasteiger partial charge on any atom is -0.228 e. The first-order valence-electron chi connectivity index (χ1n) is 19.7. The predicted octanol–water partition coefficient (Wildman–Crippen LogP) is 13.8. The van der Waals surface area contributed by atoms with E-state index in [1.54, 1.807) is 0 Å². The third-order valence-corrected chi connectivity index (χ3v) is 12.3. The number of nitrogens with zero attached hydrogens (tertiary/aromatic N) is 2. The number of rotatable bonds is 4. The molecule has 0 saturated heterocycles. The molecule has 12 rings (SSSR count). The molecule has 9 aromatic carbocycles. The third kappa shape index (κ3) is 4.59. The van der Waals surface area contributed by atoms with E-state index in [2.05, 4.69) is 206 Å². The van der Waals surface area contributed by atoms with Crippen molar-refractivity contribution in [3.8, 4) is 67.3 Å². The standard InChI is InChI=1S/C55H34N2/c1-3-15-35(16-4-1)36-27-29-39(30-28-36)51-34-50(38-18-5-2-6-19-38)56-54(57-51)46-33-49-52(44-24-10-9-21-41(44)46)45-32-31-37-17-7-8-20-40(37)53(45)55(49)47-25-13-11-22-42(47)43-23-12-14-26-48(43)55/h1-34H. The highest BCUT2D eigenvalue weighted by atomic mass is 14.9. The second kappa shape index (κ2) is 12.3. The lowest BCUT2D eigenvalue weighted by Crippen LogP contribution is -2.26. The summed E-state index contributed by atoms with van der Waals surface area (Å²) in [5, 5.41) is 4.88. The number of hydrogen-bond donors (Lipinski definition) is 0. The molecule has 0 amide bonds. The summed E-state index contributed by atoms with van der Waals surface area (Å²) < 4.78 is 0. The fourth-order valence-electron chi connectivity index (χ4n) is 9.90. The van der Waals surface area contributed by atoms with E-state index in [1.165, 1.54) is 71.8 Å². The molecule has 10 aromatic rings. The van der Waals surface area contributed by atoms with Gasteiger partial charge in [0.1, 0.15) is 0 Å². The molecule has 0 N–H and O–H groups in total. The zero-order valence-corrected chi connectivity index (χ0v) is 31.0. The minimum absolute atomic E-state index is 0.537. The quantitative estimate of drug-likeness (QED) is 0.181. The van der Waals surface area contributed by atoms with E-state index < -0.39 is 5.41 Å². The van der Waals surface area contributed by atoms with E-state index in [4.69, 9.17) is 9.97 Å². The van der Waals surface area contributed by atoms with Gasteiger partial charge in [-0.05, 0) is 89.3 Å². The SMILES string of the molecule is c1ccc(-c2ccc(-c3cc(-c4ccccc4)nc(-c4cc5c(c6ccccc46)-c4ccc6ccccc6c4C54c5ccccc5-c5ccccc54)n3)cc2)cc1. The Hall–Kier alpha value is -7.42. The minimum atomic E-state index is -0.537. The average Bonchev–Trinajstić information content (AvgIpc) is 3.77. The smallest absolute Gasteiger partial charge is 0.161 e. The van der Waals surface area contributed by atoms with Gasteiger partial charge in [0, 0.05) is 16.7 Å². The Labute approximate surface area is 331 Å². The van der Waals surface area contributed by atoms with Gasteiger partial charge >= 0.3 is 0 Å². The molecule has 0 saturated carbocycles. The van der Waals surface area contributed by atoms with Gasteiger partial charge in [-0.25, -0.2) is 9.97 Å². The fourth-order valence-corrected chi connectivity index (χ4v) is 9.90. The number of benzene rings is 9. The fraction of sp³-hybridized carbons (Fsp3) is 0.0182. The summed E-state index contributed by atoms with van der Waals surface area (Å²) in [6, 6.07) is 74.9. The van der Waals surface area contributed by atoms with Crippen LogP contribution < -0.4 is 0 Å². The van der Waals surface area contributed by atoms with Gasteiger partial charge in [-0.1, -0.05) is 194 Å². The first kappa shape index (κ1) is 31.9. The lowest BCUT2D eigenvalue weighted by Gasteiger charge is -2.32. The van der Waals surface area contributed by atoms with Crippen molar-refractivity contribution in [3.63, 3.8) is 0 Å². The van der Waals surface area contributed by atoms with Gasteiger partial charge in [0.25, 0.3) is 0 Å². The molecular weight excluding hydrogens is 689 g/mol.